The van der Waals surface area contributed by atoms with E-state index in [0.717, 1.165) is 11.1 Å². The van der Waals surface area contributed by atoms with E-state index in [1.165, 1.54) is 23.3 Å². The van der Waals surface area contributed by atoms with Crippen molar-refractivity contribution in [3.63, 3.8) is 0 Å². The van der Waals surface area contributed by atoms with Gasteiger partial charge in [-0.1, -0.05) is 35.9 Å². The molecule has 0 aliphatic carbocycles. The minimum Gasteiger partial charge on any atom is -0.350 e. The first-order valence-corrected chi connectivity index (χ1v) is 7.56. The average Bonchev–Trinajstić information content (AvgIpc) is 2.46. The lowest BCUT2D eigenvalue weighted by molar-refractivity contribution is -0.121. The van der Waals surface area contributed by atoms with Gasteiger partial charge in [0.25, 0.3) is 0 Å². The van der Waals surface area contributed by atoms with Gasteiger partial charge in [0.1, 0.15) is 5.82 Å². The molecule has 0 saturated heterocycles. The predicted molar refractivity (Wildman–Crippen MR) is 87.2 cm³/mol. The summed E-state index contributed by atoms with van der Waals surface area (Å²) in [5.74, 6) is -0.242. The number of amides is 1. The number of nitrogens with one attached hydrogen (secondary N) is 1. The van der Waals surface area contributed by atoms with Gasteiger partial charge < -0.3 is 5.32 Å². The molecule has 2 nitrogen and oxygen atoms in total. The maximum atomic E-state index is 12.8. The third kappa shape index (κ3) is 4.42. The molecule has 0 radical (unpaired) electrons. The van der Waals surface area contributed by atoms with Gasteiger partial charge in [-0.3, -0.25) is 4.79 Å². The molecular formula is C19H22FNO. The highest BCUT2D eigenvalue weighted by Gasteiger charge is 2.11. The molecule has 0 heterocycles. The van der Waals surface area contributed by atoms with Gasteiger partial charge in [-0.05, 0) is 56.0 Å². The van der Waals surface area contributed by atoms with Crippen LogP contribution in [0.4, 0.5) is 4.39 Å². The van der Waals surface area contributed by atoms with E-state index in [1.54, 1.807) is 12.1 Å². The van der Waals surface area contributed by atoms with Crippen LogP contribution in [-0.2, 0) is 11.2 Å². The fraction of sp³-hybridized carbons (Fsp3) is 0.316. The number of hydrogen-bond donors (Lipinski definition) is 1. The summed E-state index contributed by atoms with van der Waals surface area (Å²) in [6.07, 6.45) is 1.02. The molecule has 2 aromatic rings. The van der Waals surface area contributed by atoms with Crippen molar-refractivity contribution in [3.05, 3.63) is 70.5 Å². The Labute approximate surface area is 131 Å². The van der Waals surface area contributed by atoms with E-state index >= 15 is 0 Å². The maximum absolute atomic E-state index is 12.8. The Kier molecular flexibility index (Phi) is 5.31. The molecule has 2 rings (SSSR count). The Morgan fingerprint density at radius 3 is 2.45 bits per heavy atom. The molecule has 0 bridgehead atoms. The number of halogens is 1. The lowest BCUT2D eigenvalue weighted by Crippen LogP contribution is -2.27. The Morgan fingerprint density at radius 1 is 1.14 bits per heavy atom. The summed E-state index contributed by atoms with van der Waals surface area (Å²) in [7, 11) is 0. The standard InChI is InChI=1S/C19H22FNO/c1-13-4-10-18(14(2)12-13)15(3)21-19(22)11-7-16-5-8-17(20)9-6-16/h4-6,8-10,12,15H,7,11H2,1-3H3,(H,21,22)/t15-/m0/s1. The van der Waals surface area contributed by atoms with Crippen molar-refractivity contribution < 1.29 is 9.18 Å². The van der Waals surface area contributed by atoms with Crippen molar-refractivity contribution in [2.75, 3.05) is 0 Å². The quantitative estimate of drug-likeness (QED) is 0.878. The van der Waals surface area contributed by atoms with Gasteiger partial charge in [-0.25, -0.2) is 4.39 Å². The first-order chi connectivity index (χ1) is 10.5. The van der Waals surface area contributed by atoms with E-state index in [0.29, 0.717) is 12.8 Å². The first kappa shape index (κ1) is 16.2. The zero-order chi connectivity index (χ0) is 16.1. The summed E-state index contributed by atoms with van der Waals surface area (Å²) in [5, 5.41) is 3.03. The second kappa shape index (κ2) is 7.21. The highest BCUT2D eigenvalue weighted by Crippen LogP contribution is 2.18. The molecule has 22 heavy (non-hydrogen) atoms. The van der Waals surface area contributed by atoms with Gasteiger partial charge in [0.05, 0.1) is 6.04 Å². The summed E-state index contributed by atoms with van der Waals surface area (Å²) < 4.78 is 12.8. The molecule has 0 aliphatic rings. The molecule has 0 spiro atoms. The van der Waals surface area contributed by atoms with Gasteiger partial charge in [0.2, 0.25) is 5.91 Å². The number of benzene rings is 2. The second-order valence-electron chi connectivity index (χ2n) is 5.78. The van der Waals surface area contributed by atoms with Crippen LogP contribution in [0.3, 0.4) is 0 Å². The zero-order valence-corrected chi connectivity index (χ0v) is 13.3. The third-order valence-electron chi connectivity index (χ3n) is 3.82. The van der Waals surface area contributed by atoms with Crippen LogP contribution >= 0.6 is 0 Å². The van der Waals surface area contributed by atoms with Gasteiger partial charge in [0, 0.05) is 6.42 Å². The van der Waals surface area contributed by atoms with Crippen molar-refractivity contribution in [2.45, 2.75) is 39.7 Å². The van der Waals surface area contributed by atoms with E-state index in [2.05, 4.69) is 37.4 Å². The highest BCUT2D eigenvalue weighted by atomic mass is 19.1. The van der Waals surface area contributed by atoms with Crippen LogP contribution in [0, 0.1) is 19.7 Å². The third-order valence-corrected chi connectivity index (χ3v) is 3.82. The summed E-state index contributed by atoms with van der Waals surface area (Å²) >= 11 is 0. The Bertz CT molecular complexity index is 649. The fourth-order valence-electron chi connectivity index (χ4n) is 2.61. The number of rotatable bonds is 5. The number of hydrogen-bond acceptors (Lipinski definition) is 1. The summed E-state index contributed by atoms with van der Waals surface area (Å²) in [6, 6.07) is 12.5. The van der Waals surface area contributed by atoms with Crippen LogP contribution in [0.1, 0.15) is 41.6 Å². The molecule has 0 unspecified atom stereocenters. The Morgan fingerprint density at radius 2 is 1.82 bits per heavy atom. The number of carbonyl (C=O) groups is 1. The molecule has 0 aliphatic heterocycles. The van der Waals surface area contributed by atoms with Gasteiger partial charge in [-0.15, -0.1) is 0 Å². The summed E-state index contributed by atoms with van der Waals surface area (Å²) in [5.41, 5.74) is 4.51. The first-order valence-electron chi connectivity index (χ1n) is 7.56. The molecule has 1 amide bonds. The van der Waals surface area contributed by atoms with E-state index < -0.39 is 0 Å². The van der Waals surface area contributed by atoms with Crippen LogP contribution in [0.2, 0.25) is 0 Å². The average molecular weight is 299 g/mol. The monoisotopic (exact) mass is 299 g/mol. The molecule has 3 heteroatoms. The largest absolute Gasteiger partial charge is 0.350 e. The predicted octanol–water partition coefficient (Wildman–Crippen LogP) is 4.25. The van der Waals surface area contributed by atoms with Crippen LogP contribution in [0.25, 0.3) is 0 Å². The number of aryl methyl sites for hydroxylation is 3. The smallest absolute Gasteiger partial charge is 0.220 e. The van der Waals surface area contributed by atoms with Crippen molar-refractivity contribution in [3.8, 4) is 0 Å². The lowest BCUT2D eigenvalue weighted by atomic mass is 10.00. The summed E-state index contributed by atoms with van der Waals surface area (Å²) in [6.45, 7) is 6.11. The van der Waals surface area contributed by atoms with Crippen molar-refractivity contribution in [1.82, 2.24) is 5.32 Å². The van der Waals surface area contributed by atoms with Crippen molar-refractivity contribution >= 4 is 5.91 Å². The van der Waals surface area contributed by atoms with Crippen LogP contribution in [-0.4, -0.2) is 5.91 Å². The normalized spacial score (nSPS) is 12.0. The second-order valence-corrected chi connectivity index (χ2v) is 5.78. The van der Waals surface area contributed by atoms with Crippen molar-refractivity contribution in [2.24, 2.45) is 0 Å². The highest BCUT2D eigenvalue weighted by molar-refractivity contribution is 5.76. The molecule has 1 N–H and O–H groups in total. The van der Waals surface area contributed by atoms with E-state index in [1.807, 2.05) is 6.92 Å². The number of carbonyl (C=O) groups excluding carboxylic acids is 1. The van der Waals surface area contributed by atoms with Crippen LogP contribution in [0.15, 0.2) is 42.5 Å². The van der Waals surface area contributed by atoms with Crippen LogP contribution in [0.5, 0.6) is 0 Å². The van der Waals surface area contributed by atoms with E-state index in [-0.39, 0.29) is 17.8 Å². The minimum absolute atomic E-state index is 0.0109. The van der Waals surface area contributed by atoms with Crippen LogP contribution < -0.4 is 5.32 Å². The fourth-order valence-corrected chi connectivity index (χ4v) is 2.61. The SMILES string of the molecule is Cc1ccc([C@H](C)NC(=O)CCc2ccc(F)cc2)c(C)c1. The van der Waals surface area contributed by atoms with Gasteiger partial charge in [0.15, 0.2) is 0 Å². The molecule has 0 fully saturated rings. The molecule has 0 saturated carbocycles. The minimum atomic E-state index is -0.253. The molecule has 1 atom stereocenters. The maximum Gasteiger partial charge on any atom is 0.220 e. The van der Waals surface area contributed by atoms with Gasteiger partial charge >= 0.3 is 0 Å². The molecule has 116 valence electrons. The van der Waals surface area contributed by atoms with E-state index in [9.17, 15) is 9.18 Å². The summed E-state index contributed by atoms with van der Waals surface area (Å²) in [4.78, 5) is 12.1. The lowest BCUT2D eigenvalue weighted by Gasteiger charge is -2.17. The molecular weight excluding hydrogens is 277 g/mol. The van der Waals surface area contributed by atoms with Gasteiger partial charge in [-0.2, -0.15) is 0 Å². The Balaban J connectivity index is 1.89. The molecule has 0 aromatic heterocycles. The topological polar surface area (TPSA) is 29.1 Å². The van der Waals surface area contributed by atoms with E-state index in [4.69, 9.17) is 0 Å². The van der Waals surface area contributed by atoms with Crippen molar-refractivity contribution in [1.29, 1.82) is 0 Å². The Hall–Kier alpha value is -2.16. The molecule has 2 aromatic carbocycles. The zero-order valence-electron chi connectivity index (χ0n) is 13.3.